The van der Waals surface area contributed by atoms with Crippen molar-refractivity contribution in [3.8, 4) is 11.5 Å². The fourth-order valence-electron chi connectivity index (χ4n) is 4.42. The molecule has 1 N–H and O–H groups in total. The topological polar surface area (TPSA) is 80.8 Å². The van der Waals surface area contributed by atoms with E-state index in [1.165, 1.54) is 4.90 Å². The number of pyridine rings is 1. The number of para-hydroxylation sites is 1. The zero-order valence-corrected chi connectivity index (χ0v) is 18.8. The summed E-state index contributed by atoms with van der Waals surface area (Å²) in [5.41, 5.74) is 1.44. The van der Waals surface area contributed by atoms with Crippen molar-refractivity contribution >= 4 is 22.8 Å². The molecule has 0 spiro atoms. The Bertz CT molecular complexity index is 1310. The third-order valence-electron chi connectivity index (χ3n) is 6.20. The molecule has 0 atom stereocenters. The summed E-state index contributed by atoms with van der Waals surface area (Å²) in [4.78, 5) is 33.0. The van der Waals surface area contributed by atoms with Crippen molar-refractivity contribution in [2.45, 2.75) is 12.1 Å². The molecule has 0 aliphatic carbocycles. The first-order valence-corrected chi connectivity index (χ1v) is 10.8. The highest BCUT2D eigenvalue weighted by Gasteiger charge is 2.53. The largest absolute Gasteiger partial charge is 0.497 e. The number of rotatable bonds is 6. The molecule has 3 amide bonds. The molecule has 0 bridgehead atoms. The number of nitrogens with one attached hydrogen (secondary N) is 1. The van der Waals surface area contributed by atoms with Gasteiger partial charge in [-0.1, -0.05) is 48.5 Å². The molecule has 7 nitrogen and oxygen atoms in total. The highest BCUT2D eigenvalue weighted by atomic mass is 16.5. The van der Waals surface area contributed by atoms with Gasteiger partial charge in [-0.2, -0.15) is 0 Å². The minimum absolute atomic E-state index is 0.104. The van der Waals surface area contributed by atoms with Crippen molar-refractivity contribution in [3.63, 3.8) is 0 Å². The second-order valence-corrected chi connectivity index (χ2v) is 8.02. The van der Waals surface area contributed by atoms with Crippen LogP contribution in [-0.2, 0) is 16.9 Å². The van der Waals surface area contributed by atoms with E-state index in [-0.39, 0.29) is 12.5 Å². The van der Waals surface area contributed by atoms with Crippen molar-refractivity contribution in [3.05, 3.63) is 102 Å². The van der Waals surface area contributed by atoms with Crippen LogP contribution < -0.4 is 14.8 Å². The lowest BCUT2D eigenvalue weighted by molar-refractivity contribution is -0.130. The number of aromatic nitrogens is 1. The summed E-state index contributed by atoms with van der Waals surface area (Å²) in [6.07, 6.45) is 1.71. The molecule has 1 aliphatic rings. The van der Waals surface area contributed by atoms with Gasteiger partial charge < -0.3 is 14.8 Å². The third kappa shape index (κ3) is 3.42. The lowest BCUT2D eigenvalue weighted by Crippen LogP contribution is -2.45. The van der Waals surface area contributed by atoms with Crippen LogP contribution in [0.2, 0.25) is 0 Å². The summed E-state index contributed by atoms with van der Waals surface area (Å²) in [6.45, 7) is 0.104. The lowest BCUT2D eigenvalue weighted by Gasteiger charge is -2.28. The van der Waals surface area contributed by atoms with Gasteiger partial charge in [0.25, 0.3) is 5.91 Å². The quantitative estimate of drug-likeness (QED) is 0.442. The van der Waals surface area contributed by atoms with Crippen molar-refractivity contribution in [2.24, 2.45) is 0 Å². The van der Waals surface area contributed by atoms with E-state index in [9.17, 15) is 9.59 Å². The molecule has 170 valence electrons. The molecule has 0 radical (unpaired) electrons. The first-order valence-electron chi connectivity index (χ1n) is 10.8. The number of imide groups is 1. The Morgan fingerprint density at radius 2 is 1.41 bits per heavy atom. The number of fused-ring (bicyclic) bond motifs is 1. The van der Waals surface area contributed by atoms with Gasteiger partial charge in [-0.15, -0.1) is 0 Å². The average molecular weight is 453 g/mol. The molecular formula is C27H23N3O4. The third-order valence-corrected chi connectivity index (χ3v) is 6.20. The number of hydrogen-bond donors (Lipinski definition) is 1. The molecule has 1 saturated heterocycles. The maximum Gasteiger partial charge on any atom is 0.325 e. The summed E-state index contributed by atoms with van der Waals surface area (Å²) in [5.74, 6) is 0.953. The monoisotopic (exact) mass is 453 g/mol. The number of hydrogen-bond acceptors (Lipinski definition) is 5. The van der Waals surface area contributed by atoms with Gasteiger partial charge in [0, 0.05) is 11.6 Å². The predicted molar refractivity (Wildman–Crippen MR) is 128 cm³/mol. The molecule has 0 saturated carbocycles. The van der Waals surface area contributed by atoms with E-state index in [2.05, 4.69) is 10.3 Å². The van der Waals surface area contributed by atoms with Crippen molar-refractivity contribution < 1.29 is 19.1 Å². The van der Waals surface area contributed by atoms with E-state index in [0.29, 0.717) is 22.6 Å². The Morgan fingerprint density at radius 1 is 0.824 bits per heavy atom. The average Bonchev–Trinajstić information content (AvgIpc) is 3.14. The number of amides is 3. The van der Waals surface area contributed by atoms with E-state index in [0.717, 1.165) is 16.5 Å². The van der Waals surface area contributed by atoms with Crippen LogP contribution in [0.25, 0.3) is 10.9 Å². The first-order chi connectivity index (χ1) is 16.6. The molecule has 3 aromatic carbocycles. The number of carbonyl (C=O) groups excluding carboxylic acids is 2. The number of urea groups is 1. The summed E-state index contributed by atoms with van der Waals surface area (Å²) >= 11 is 0. The predicted octanol–water partition coefficient (Wildman–Crippen LogP) is 4.25. The van der Waals surface area contributed by atoms with Crippen LogP contribution >= 0.6 is 0 Å². The summed E-state index contributed by atoms with van der Waals surface area (Å²) < 4.78 is 10.6. The van der Waals surface area contributed by atoms with Crippen LogP contribution in [0.4, 0.5) is 4.79 Å². The van der Waals surface area contributed by atoms with Gasteiger partial charge in [-0.3, -0.25) is 14.7 Å². The van der Waals surface area contributed by atoms with Crippen molar-refractivity contribution in [2.75, 3.05) is 14.2 Å². The van der Waals surface area contributed by atoms with Gasteiger partial charge in [0.1, 0.15) is 11.5 Å². The number of benzene rings is 3. The smallest absolute Gasteiger partial charge is 0.325 e. The Labute approximate surface area is 196 Å². The molecule has 2 heterocycles. The van der Waals surface area contributed by atoms with Crippen LogP contribution in [0.15, 0.2) is 85.1 Å². The second kappa shape index (κ2) is 8.51. The second-order valence-electron chi connectivity index (χ2n) is 8.02. The Kier molecular flexibility index (Phi) is 5.37. The maximum atomic E-state index is 14.0. The van der Waals surface area contributed by atoms with Crippen LogP contribution in [0.5, 0.6) is 11.5 Å². The maximum absolute atomic E-state index is 14.0. The molecule has 34 heavy (non-hydrogen) atoms. The van der Waals surface area contributed by atoms with Crippen LogP contribution in [0.3, 0.4) is 0 Å². The Hall–Kier alpha value is -4.39. The number of methoxy groups -OCH3 is 2. The van der Waals surface area contributed by atoms with E-state index < -0.39 is 11.6 Å². The van der Waals surface area contributed by atoms with Gasteiger partial charge in [0.2, 0.25) is 0 Å². The fraction of sp³-hybridized carbons (Fsp3) is 0.148. The highest BCUT2D eigenvalue weighted by Crippen LogP contribution is 2.38. The summed E-state index contributed by atoms with van der Waals surface area (Å²) in [6, 6.07) is 23.4. The summed E-state index contributed by atoms with van der Waals surface area (Å²) in [5, 5.41) is 3.93. The van der Waals surface area contributed by atoms with E-state index in [4.69, 9.17) is 9.47 Å². The molecule has 1 aromatic heterocycles. The number of nitrogens with zero attached hydrogens (tertiary/aromatic N) is 2. The van der Waals surface area contributed by atoms with Gasteiger partial charge in [0.05, 0.1) is 26.3 Å². The standard InChI is InChI=1S/C27H23N3O4/c1-33-22-12-8-20(9-13-22)27(21-10-14-23(34-2)15-11-21)25(31)30(26(32)29-27)17-19-6-3-5-18-7-4-16-28-24(18)19/h3-16H,17H2,1-2H3,(H,29,32). The molecule has 5 rings (SSSR count). The van der Waals surface area contributed by atoms with Gasteiger partial charge in [-0.25, -0.2) is 4.79 Å². The van der Waals surface area contributed by atoms with E-state index in [1.54, 1.807) is 68.9 Å². The normalized spacial score (nSPS) is 14.8. The van der Waals surface area contributed by atoms with Crippen molar-refractivity contribution in [1.29, 1.82) is 0 Å². The van der Waals surface area contributed by atoms with E-state index >= 15 is 0 Å². The highest BCUT2D eigenvalue weighted by molar-refractivity contribution is 6.09. The van der Waals surface area contributed by atoms with Crippen LogP contribution in [-0.4, -0.2) is 36.0 Å². The minimum Gasteiger partial charge on any atom is -0.497 e. The lowest BCUT2D eigenvalue weighted by atomic mass is 9.82. The molecule has 4 aromatic rings. The van der Waals surface area contributed by atoms with Crippen LogP contribution in [0, 0.1) is 0 Å². The SMILES string of the molecule is COc1ccc(C2(c3ccc(OC)cc3)NC(=O)N(Cc3cccc4cccnc34)C2=O)cc1. The minimum atomic E-state index is -1.38. The van der Waals surface area contributed by atoms with Gasteiger partial charge in [-0.05, 0) is 47.0 Å². The summed E-state index contributed by atoms with van der Waals surface area (Å²) in [7, 11) is 3.16. The van der Waals surface area contributed by atoms with E-state index in [1.807, 2.05) is 30.3 Å². The first kappa shape index (κ1) is 21.5. The fourth-order valence-corrected chi connectivity index (χ4v) is 4.42. The molecule has 0 unspecified atom stereocenters. The zero-order valence-electron chi connectivity index (χ0n) is 18.8. The van der Waals surface area contributed by atoms with Gasteiger partial charge >= 0.3 is 6.03 Å². The number of carbonyl (C=O) groups is 2. The molecule has 7 heteroatoms. The molecule has 1 fully saturated rings. The Morgan fingerprint density at radius 3 is 2.00 bits per heavy atom. The Balaban J connectivity index is 1.60. The van der Waals surface area contributed by atoms with Gasteiger partial charge in [0.15, 0.2) is 5.54 Å². The molecule has 1 aliphatic heterocycles. The number of ether oxygens (including phenoxy) is 2. The van der Waals surface area contributed by atoms with Crippen molar-refractivity contribution in [1.82, 2.24) is 15.2 Å². The molecular weight excluding hydrogens is 430 g/mol. The zero-order chi connectivity index (χ0) is 23.7. The van der Waals surface area contributed by atoms with Crippen LogP contribution in [0.1, 0.15) is 16.7 Å².